The Labute approximate surface area is 113 Å². The van der Waals surface area contributed by atoms with Gasteiger partial charge >= 0.3 is 6.09 Å². The first kappa shape index (κ1) is 14.8. The van der Waals surface area contributed by atoms with Gasteiger partial charge < -0.3 is 10.1 Å². The van der Waals surface area contributed by atoms with Crippen LogP contribution in [0.3, 0.4) is 0 Å². The average molecular weight is 259 g/mol. The first-order chi connectivity index (χ1) is 8.88. The summed E-state index contributed by atoms with van der Waals surface area (Å²) >= 11 is 0. The number of alkyl carbamates (subject to hydrolysis) is 1. The molecule has 0 saturated carbocycles. The zero-order valence-corrected chi connectivity index (χ0v) is 11.3. The molecule has 1 rings (SSSR count). The maximum atomic E-state index is 11.6. The number of carbonyl (C=O) groups excluding carboxylic acids is 2. The lowest BCUT2D eigenvalue weighted by Gasteiger charge is -2.18. The van der Waals surface area contributed by atoms with E-state index in [9.17, 15) is 9.59 Å². The van der Waals surface area contributed by atoms with Crippen LogP contribution in [0.2, 0.25) is 0 Å². The number of Topliss-reactive ketones (excluding diaryl/α,β-unsaturated/α-hetero) is 1. The summed E-state index contributed by atoms with van der Waals surface area (Å²) in [5, 5.41) is 2.46. The smallest absolute Gasteiger partial charge is 0.408 e. The SMILES string of the molecule is CC(C)(C)OC(=O)NCC#CC(=O)c1ccccc1. The Kier molecular flexibility index (Phi) is 5.13. The fourth-order valence-corrected chi connectivity index (χ4v) is 1.22. The number of ketones is 1. The monoisotopic (exact) mass is 259 g/mol. The molecule has 0 saturated heterocycles. The van der Waals surface area contributed by atoms with E-state index >= 15 is 0 Å². The van der Waals surface area contributed by atoms with Gasteiger partial charge in [-0.1, -0.05) is 36.3 Å². The van der Waals surface area contributed by atoms with Gasteiger partial charge in [0.1, 0.15) is 5.60 Å². The molecule has 1 amide bonds. The summed E-state index contributed by atoms with van der Waals surface area (Å²) in [6.45, 7) is 5.40. The Balaban J connectivity index is 2.40. The maximum Gasteiger partial charge on any atom is 0.408 e. The largest absolute Gasteiger partial charge is 0.444 e. The number of nitrogens with one attached hydrogen (secondary N) is 1. The average Bonchev–Trinajstić information content (AvgIpc) is 2.33. The Bertz CT molecular complexity index is 504. The number of carbonyl (C=O) groups is 2. The number of ether oxygens (including phenoxy) is 1. The van der Waals surface area contributed by atoms with Gasteiger partial charge in [0.2, 0.25) is 5.78 Å². The number of amides is 1. The van der Waals surface area contributed by atoms with Gasteiger partial charge in [-0.3, -0.25) is 4.79 Å². The summed E-state index contributed by atoms with van der Waals surface area (Å²) in [7, 11) is 0. The number of rotatable bonds is 2. The van der Waals surface area contributed by atoms with Crippen LogP contribution in [0.4, 0.5) is 4.79 Å². The van der Waals surface area contributed by atoms with Gasteiger partial charge in [0, 0.05) is 5.56 Å². The topological polar surface area (TPSA) is 55.4 Å². The van der Waals surface area contributed by atoms with Crippen LogP contribution in [-0.4, -0.2) is 24.0 Å². The molecule has 100 valence electrons. The van der Waals surface area contributed by atoms with E-state index in [0.29, 0.717) is 5.56 Å². The molecule has 0 aliphatic rings. The van der Waals surface area contributed by atoms with E-state index in [-0.39, 0.29) is 12.3 Å². The number of benzene rings is 1. The minimum absolute atomic E-state index is 0.0769. The second-order valence-corrected chi connectivity index (χ2v) is 4.85. The normalized spacial score (nSPS) is 10.1. The van der Waals surface area contributed by atoms with Crippen molar-refractivity contribution in [3.05, 3.63) is 35.9 Å². The van der Waals surface area contributed by atoms with Crippen molar-refractivity contribution in [2.75, 3.05) is 6.54 Å². The first-order valence-corrected chi connectivity index (χ1v) is 5.93. The van der Waals surface area contributed by atoms with Gasteiger partial charge in [-0.05, 0) is 26.7 Å². The van der Waals surface area contributed by atoms with Gasteiger partial charge in [0.15, 0.2) is 0 Å². The van der Waals surface area contributed by atoms with Crippen LogP contribution in [0.25, 0.3) is 0 Å². The first-order valence-electron chi connectivity index (χ1n) is 5.93. The summed E-state index contributed by atoms with van der Waals surface area (Å²) in [5.41, 5.74) is -0.00977. The van der Waals surface area contributed by atoms with Gasteiger partial charge in [-0.25, -0.2) is 4.79 Å². The molecule has 0 radical (unpaired) electrons. The van der Waals surface area contributed by atoms with E-state index < -0.39 is 11.7 Å². The van der Waals surface area contributed by atoms with Crippen molar-refractivity contribution in [3.8, 4) is 11.8 Å². The van der Waals surface area contributed by atoms with E-state index in [1.807, 2.05) is 6.07 Å². The highest BCUT2D eigenvalue weighted by molar-refractivity contribution is 6.08. The third-order valence-corrected chi connectivity index (χ3v) is 1.96. The van der Waals surface area contributed by atoms with Gasteiger partial charge in [0.05, 0.1) is 6.54 Å². The van der Waals surface area contributed by atoms with Crippen LogP contribution in [0.15, 0.2) is 30.3 Å². The van der Waals surface area contributed by atoms with E-state index in [1.165, 1.54) is 0 Å². The Morgan fingerprint density at radius 3 is 2.42 bits per heavy atom. The number of hydrogen-bond acceptors (Lipinski definition) is 3. The van der Waals surface area contributed by atoms with Crippen molar-refractivity contribution >= 4 is 11.9 Å². The van der Waals surface area contributed by atoms with E-state index in [4.69, 9.17) is 4.74 Å². The summed E-state index contributed by atoms with van der Waals surface area (Å²) in [4.78, 5) is 22.9. The molecule has 0 unspecified atom stereocenters. The third-order valence-electron chi connectivity index (χ3n) is 1.96. The molecule has 19 heavy (non-hydrogen) atoms. The van der Waals surface area contributed by atoms with Gasteiger partial charge in [0.25, 0.3) is 0 Å². The van der Waals surface area contributed by atoms with Crippen LogP contribution < -0.4 is 5.32 Å². The standard InChI is InChI=1S/C15H17NO3/c1-15(2,3)19-14(18)16-11-7-10-13(17)12-8-5-4-6-9-12/h4-6,8-9H,11H2,1-3H3,(H,16,18). The van der Waals surface area contributed by atoms with Gasteiger partial charge in [-0.15, -0.1) is 0 Å². The van der Waals surface area contributed by atoms with Crippen molar-refractivity contribution in [3.63, 3.8) is 0 Å². The fraction of sp³-hybridized carbons (Fsp3) is 0.333. The van der Waals surface area contributed by atoms with Crippen LogP contribution in [-0.2, 0) is 4.74 Å². The predicted octanol–water partition coefficient (Wildman–Crippen LogP) is 2.40. The molecule has 1 N–H and O–H groups in total. The Morgan fingerprint density at radius 1 is 1.21 bits per heavy atom. The fourth-order valence-electron chi connectivity index (χ4n) is 1.22. The van der Waals surface area contributed by atoms with Gasteiger partial charge in [-0.2, -0.15) is 0 Å². The Hall–Kier alpha value is -2.28. The van der Waals surface area contributed by atoms with Crippen molar-refractivity contribution in [1.29, 1.82) is 0 Å². The second kappa shape index (κ2) is 6.60. The van der Waals surface area contributed by atoms with Crippen molar-refractivity contribution in [2.45, 2.75) is 26.4 Å². The molecular weight excluding hydrogens is 242 g/mol. The molecule has 4 nitrogen and oxygen atoms in total. The van der Waals surface area contributed by atoms with Crippen molar-refractivity contribution < 1.29 is 14.3 Å². The highest BCUT2D eigenvalue weighted by Gasteiger charge is 2.15. The van der Waals surface area contributed by atoms with Crippen LogP contribution in [0, 0.1) is 11.8 Å². The summed E-state index contributed by atoms with van der Waals surface area (Å²) in [6, 6.07) is 8.76. The molecule has 0 fully saturated rings. The molecule has 0 heterocycles. The summed E-state index contributed by atoms with van der Waals surface area (Å²) in [6.07, 6.45) is -0.547. The zero-order valence-electron chi connectivity index (χ0n) is 11.3. The minimum atomic E-state index is -0.547. The molecule has 0 aliphatic carbocycles. The van der Waals surface area contributed by atoms with Crippen molar-refractivity contribution in [1.82, 2.24) is 5.32 Å². The minimum Gasteiger partial charge on any atom is -0.444 e. The number of hydrogen-bond donors (Lipinski definition) is 1. The predicted molar refractivity (Wildman–Crippen MR) is 72.8 cm³/mol. The molecule has 0 aromatic heterocycles. The lowest BCUT2D eigenvalue weighted by atomic mass is 10.1. The Morgan fingerprint density at radius 2 is 1.84 bits per heavy atom. The summed E-state index contributed by atoms with van der Waals surface area (Å²) < 4.78 is 5.03. The quantitative estimate of drug-likeness (QED) is 0.504. The van der Waals surface area contributed by atoms with E-state index in [1.54, 1.807) is 45.0 Å². The molecule has 1 aromatic carbocycles. The van der Waals surface area contributed by atoms with E-state index in [0.717, 1.165) is 0 Å². The zero-order chi connectivity index (χ0) is 14.3. The molecule has 0 bridgehead atoms. The van der Waals surface area contributed by atoms with E-state index in [2.05, 4.69) is 17.2 Å². The summed E-state index contributed by atoms with van der Waals surface area (Å²) in [5.74, 6) is 4.78. The molecule has 4 heteroatoms. The second-order valence-electron chi connectivity index (χ2n) is 4.85. The highest BCUT2D eigenvalue weighted by atomic mass is 16.6. The molecule has 0 spiro atoms. The molecular formula is C15H17NO3. The lowest BCUT2D eigenvalue weighted by Crippen LogP contribution is -2.32. The molecule has 0 aliphatic heterocycles. The van der Waals surface area contributed by atoms with Crippen LogP contribution in [0.1, 0.15) is 31.1 Å². The van der Waals surface area contributed by atoms with Crippen LogP contribution >= 0.6 is 0 Å². The maximum absolute atomic E-state index is 11.6. The van der Waals surface area contributed by atoms with Crippen molar-refractivity contribution in [2.24, 2.45) is 0 Å². The lowest BCUT2D eigenvalue weighted by molar-refractivity contribution is 0.0535. The third kappa shape index (κ3) is 6.27. The molecule has 0 atom stereocenters. The van der Waals surface area contributed by atoms with Crippen LogP contribution in [0.5, 0.6) is 0 Å². The molecule has 1 aromatic rings. The highest BCUT2D eigenvalue weighted by Crippen LogP contribution is 2.06.